The fourth-order valence-electron chi connectivity index (χ4n) is 3.10. The normalized spacial score (nSPS) is 11.9. The molecular formula is C22H24BrClN4O2S. The lowest BCUT2D eigenvalue weighted by Gasteiger charge is -2.17. The number of amides is 1. The van der Waals surface area contributed by atoms with Crippen molar-refractivity contribution in [2.24, 2.45) is 0 Å². The van der Waals surface area contributed by atoms with E-state index in [9.17, 15) is 4.79 Å². The molecule has 3 rings (SSSR count). The lowest BCUT2D eigenvalue weighted by molar-refractivity contribution is -0.113. The third-order valence-electron chi connectivity index (χ3n) is 4.61. The number of carbonyl (C=O) groups excluding carboxylic acids is 1. The van der Waals surface area contributed by atoms with Crippen LogP contribution in [0.2, 0.25) is 5.02 Å². The molecule has 0 aliphatic carbocycles. The minimum Gasteiger partial charge on any atom is -0.483 e. The number of anilines is 1. The van der Waals surface area contributed by atoms with Crippen LogP contribution in [0.15, 0.2) is 46.0 Å². The molecule has 1 heterocycles. The van der Waals surface area contributed by atoms with Crippen LogP contribution in [0.5, 0.6) is 5.75 Å². The number of nitrogens with one attached hydrogen (secondary N) is 1. The van der Waals surface area contributed by atoms with Crippen molar-refractivity contribution in [1.82, 2.24) is 14.8 Å². The Kier molecular flexibility index (Phi) is 8.02. The summed E-state index contributed by atoms with van der Waals surface area (Å²) in [6.07, 6.45) is -0.307. The van der Waals surface area contributed by atoms with Gasteiger partial charge in [-0.2, -0.15) is 0 Å². The second kappa shape index (κ2) is 10.5. The summed E-state index contributed by atoms with van der Waals surface area (Å²) in [5, 5.41) is 12.9. The summed E-state index contributed by atoms with van der Waals surface area (Å²) >= 11 is 11.0. The predicted molar refractivity (Wildman–Crippen MR) is 129 cm³/mol. The smallest absolute Gasteiger partial charge is 0.234 e. The zero-order valence-corrected chi connectivity index (χ0v) is 20.9. The van der Waals surface area contributed by atoms with Crippen molar-refractivity contribution < 1.29 is 9.53 Å². The van der Waals surface area contributed by atoms with Crippen LogP contribution in [0, 0.1) is 13.8 Å². The van der Waals surface area contributed by atoms with Crippen LogP contribution in [-0.4, -0.2) is 26.4 Å². The predicted octanol–water partition coefficient (Wildman–Crippen LogP) is 6.20. The first kappa shape index (κ1) is 23.6. The number of halogens is 2. The maximum Gasteiger partial charge on any atom is 0.234 e. The van der Waals surface area contributed by atoms with Gasteiger partial charge in [0.2, 0.25) is 5.91 Å². The largest absolute Gasteiger partial charge is 0.483 e. The van der Waals surface area contributed by atoms with E-state index >= 15 is 0 Å². The van der Waals surface area contributed by atoms with E-state index in [4.69, 9.17) is 16.3 Å². The molecule has 1 atom stereocenters. The highest BCUT2D eigenvalue weighted by molar-refractivity contribution is 9.10. The number of hydrogen-bond donors (Lipinski definition) is 1. The second-order valence-corrected chi connectivity index (χ2v) is 9.30. The van der Waals surface area contributed by atoms with Crippen LogP contribution < -0.4 is 10.1 Å². The van der Waals surface area contributed by atoms with Crippen LogP contribution in [0.1, 0.15) is 36.9 Å². The number of benzene rings is 2. The molecule has 1 amide bonds. The minimum absolute atomic E-state index is 0.101. The lowest BCUT2D eigenvalue weighted by atomic mass is 10.1. The Balaban J connectivity index is 1.65. The maximum absolute atomic E-state index is 12.3. The number of hydrogen-bond acceptors (Lipinski definition) is 5. The lowest BCUT2D eigenvalue weighted by Crippen LogP contribution is -2.15. The Morgan fingerprint density at radius 3 is 2.48 bits per heavy atom. The number of nitrogens with zero attached hydrogens (tertiary/aromatic N) is 3. The van der Waals surface area contributed by atoms with E-state index in [1.54, 1.807) is 0 Å². The van der Waals surface area contributed by atoms with E-state index < -0.39 is 0 Å². The van der Waals surface area contributed by atoms with Crippen molar-refractivity contribution in [3.63, 3.8) is 0 Å². The Morgan fingerprint density at radius 2 is 1.87 bits per heavy atom. The van der Waals surface area contributed by atoms with Crippen LogP contribution in [0.4, 0.5) is 5.69 Å². The number of carbonyl (C=O) groups is 1. The van der Waals surface area contributed by atoms with Gasteiger partial charge in [-0.25, -0.2) is 0 Å². The van der Waals surface area contributed by atoms with Crippen molar-refractivity contribution in [3.05, 3.63) is 62.8 Å². The van der Waals surface area contributed by atoms with E-state index in [-0.39, 0.29) is 17.8 Å². The Morgan fingerprint density at radius 1 is 1.23 bits per heavy atom. The Bertz CT molecular complexity index is 1050. The summed E-state index contributed by atoms with van der Waals surface area (Å²) in [5.74, 6) is 1.58. The third kappa shape index (κ3) is 6.02. The van der Waals surface area contributed by atoms with Gasteiger partial charge in [-0.15, -0.1) is 10.2 Å². The quantitative estimate of drug-likeness (QED) is 0.356. The van der Waals surface area contributed by atoms with Crippen LogP contribution in [0.3, 0.4) is 0 Å². The van der Waals surface area contributed by atoms with Gasteiger partial charge in [-0.3, -0.25) is 4.79 Å². The molecule has 0 aliphatic heterocycles. The molecule has 3 aromatic rings. The SMILES string of the molecule is CCn1c(SCC(=O)Nc2ccc(Br)cc2)nnc1C(C)Oc1cc(C)c(Cl)c(C)c1. The summed E-state index contributed by atoms with van der Waals surface area (Å²) in [5.41, 5.74) is 2.68. The van der Waals surface area contributed by atoms with Crippen molar-refractivity contribution in [2.45, 2.75) is 45.5 Å². The fraction of sp³-hybridized carbons (Fsp3) is 0.318. The van der Waals surface area contributed by atoms with E-state index in [1.165, 1.54) is 11.8 Å². The molecule has 1 N–H and O–H groups in total. The molecule has 2 aromatic carbocycles. The van der Waals surface area contributed by atoms with Gasteiger partial charge in [0.05, 0.1) is 5.75 Å². The molecule has 0 bridgehead atoms. The molecule has 0 radical (unpaired) electrons. The molecule has 9 heteroatoms. The summed E-state index contributed by atoms with van der Waals surface area (Å²) < 4.78 is 9.04. The van der Waals surface area contributed by atoms with Crippen LogP contribution >= 0.6 is 39.3 Å². The van der Waals surface area contributed by atoms with Crippen molar-refractivity contribution in [3.8, 4) is 5.75 Å². The van der Waals surface area contributed by atoms with Crippen LogP contribution in [-0.2, 0) is 11.3 Å². The summed E-state index contributed by atoms with van der Waals surface area (Å²) in [7, 11) is 0. The third-order valence-corrected chi connectivity index (χ3v) is 6.70. The van der Waals surface area contributed by atoms with Crippen molar-refractivity contribution >= 4 is 50.9 Å². The standard InChI is InChI=1S/C22H24BrClN4O2S/c1-5-28-21(15(4)30-18-10-13(2)20(24)14(3)11-18)26-27-22(28)31-12-19(29)25-17-8-6-16(23)7-9-17/h6-11,15H,5,12H2,1-4H3,(H,25,29). The second-order valence-electron chi connectivity index (χ2n) is 7.06. The number of aryl methyl sites for hydroxylation is 2. The number of rotatable bonds is 8. The number of thioether (sulfide) groups is 1. The minimum atomic E-state index is -0.307. The average molecular weight is 524 g/mol. The molecule has 164 valence electrons. The van der Waals surface area contributed by atoms with Gasteiger partial charge >= 0.3 is 0 Å². The monoisotopic (exact) mass is 522 g/mol. The molecule has 31 heavy (non-hydrogen) atoms. The fourth-order valence-corrected chi connectivity index (χ4v) is 4.28. The first-order chi connectivity index (χ1) is 14.8. The highest BCUT2D eigenvalue weighted by atomic mass is 79.9. The zero-order valence-electron chi connectivity index (χ0n) is 17.8. The maximum atomic E-state index is 12.3. The van der Waals surface area contributed by atoms with E-state index in [2.05, 4.69) is 31.4 Å². The molecule has 0 spiro atoms. The highest BCUT2D eigenvalue weighted by Gasteiger charge is 2.20. The zero-order chi connectivity index (χ0) is 22.5. The van der Waals surface area contributed by atoms with E-state index in [1.807, 2.05) is 68.7 Å². The first-order valence-corrected chi connectivity index (χ1v) is 12.0. The number of aromatic nitrogens is 3. The van der Waals surface area contributed by atoms with Gasteiger partial charge in [-0.1, -0.05) is 39.3 Å². The first-order valence-electron chi connectivity index (χ1n) is 9.83. The molecule has 1 aromatic heterocycles. The molecule has 1 unspecified atom stereocenters. The average Bonchev–Trinajstić information content (AvgIpc) is 3.15. The van der Waals surface area contributed by atoms with Gasteiger partial charge in [0.15, 0.2) is 17.1 Å². The van der Waals surface area contributed by atoms with Gasteiger partial charge in [0, 0.05) is 21.7 Å². The van der Waals surface area contributed by atoms with Gasteiger partial charge in [0.1, 0.15) is 5.75 Å². The molecule has 0 fully saturated rings. The van der Waals surface area contributed by atoms with Crippen molar-refractivity contribution in [2.75, 3.05) is 11.1 Å². The van der Waals surface area contributed by atoms with Crippen LogP contribution in [0.25, 0.3) is 0 Å². The topological polar surface area (TPSA) is 69.0 Å². The van der Waals surface area contributed by atoms with Gasteiger partial charge in [0.25, 0.3) is 0 Å². The highest BCUT2D eigenvalue weighted by Crippen LogP contribution is 2.29. The van der Waals surface area contributed by atoms with E-state index in [0.717, 1.165) is 32.1 Å². The molecule has 0 aliphatic rings. The van der Waals surface area contributed by atoms with E-state index in [0.29, 0.717) is 17.5 Å². The van der Waals surface area contributed by atoms with Gasteiger partial charge in [-0.05, 0) is 75.2 Å². The number of ether oxygens (including phenoxy) is 1. The molecule has 6 nitrogen and oxygen atoms in total. The molecular weight excluding hydrogens is 500 g/mol. The van der Waals surface area contributed by atoms with Crippen molar-refractivity contribution in [1.29, 1.82) is 0 Å². The van der Waals surface area contributed by atoms with Gasteiger partial charge < -0.3 is 14.6 Å². The summed E-state index contributed by atoms with van der Waals surface area (Å²) in [4.78, 5) is 12.3. The summed E-state index contributed by atoms with van der Waals surface area (Å²) in [6, 6.07) is 11.3. The Labute approximate surface area is 199 Å². The summed E-state index contributed by atoms with van der Waals surface area (Å²) in [6.45, 7) is 8.53. The Hall–Kier alpha value is -2.03. The molecule has 0 saturated heterocycles. The molecule has 0 saturated carbocycles.